The molecule has 5 nitrogen and oxygen atoms in total. The summed E-state index contributed by atoms with van der Waals surface area (Å²) >= 11 is 0. The molecule has 1 N–H and O–H groups in total. The summed E-state index contributed by atoms with van der Waals surface area (Å²) in [6.07, 6.45) is 1.98. The largest absolute Gasteiger partial charge is 0.497 e. The third kappa shape index (κ3) is 5.73. The fraction of sp³-hybridized carbons (Fsp3) is 0.458. The first-order chi connectivity index (χ1) is 14.1. The van der Waals surface area contributed by atoms with E-state index in [4.69, 9.17) is 4.74 Å². The maximum absolute atomic E-state index is 13.0. The lowest BCUT2D eigenvalue weighted by molar-refractivity contribution is 0.160. The molecule has 0 saturated carbocycles. The van der Waals surface area contributed by atoms with Gasteiger partial charge in [0.15, 0.2) is 0 Å². The predicted octanol–water partition coefficient (Wildman–Crippen LogP) is 4.45. The van der Waals surface area contributed by atoms with Crippen LogP contribution in [-0.2, 0) is 6.54 Å². The van der Waals surface area contributed by atoms with Gasteiger partial charge in [-0.25, -0.2) is 4.79 Å². The summed E-state index contributed by atoms with van der Waals surface area (Å²) in [6.45, 7) is 7.76. The van der Waals surface area contributed by atoms with Crippen LogP contribution < -0.4 is 10.1 Å². The number of piperidine rings is 1. The molecular weight excluding hydrogens is 362 g/mol. The SMILES string of the molecule is CCN(C(=O)NC1CCN(Cc2ccccc2)CC1)[C@@H](C)c1cccc(OC)c1. The molecule has 2 aromatic carbocycles. The molecule has 2 aromatic rings. The lowest BCUT2D eigenvalue weighted by Gasteiger charge is -2.35. The van der Waals surface area contributed by atoms with Crippen molar-refractivity contribution in [2.75, 3.05) is 26.7 Å². The average Bonchev–Trinajstić information content (AvgIpc) is 2.76. The van der Waals surface area contributed by atoms with Gasteiger partial charge in [-0.2, -0.15) is 0 Å². The molecule has 156 valence electrons. The van der Waals surface area contributed by atoms with E-state index < -0.39 is 0 Å². The summed E-state index contributed by atoms with van der Waals surface area (Å²) in [4.78, 5) is 17.3. The number of hydrogen-bond acceptors (Lipinski definition) is 3. The quantitative estimate of drug-likeness (QED) is 0.753. The molecule has 0 aliphatic carbocycles. The van der Waals surface area contributed by atoms with Gasteiger partial charge in [0.25, 0.3) is 0 Å². The Bertz CT molecular complexity index is 773. The van der Waals surface area contributed by atoms with Crippen LogP contribution >= 0.6 is 0 Å². The second kappa shape index (κ2) is 10.3. The number of amides is 2. The Kier molecular flexibility index (Phi) is 7.53. The minimum atomic E-state index is -0.00623. The maximum Gasteiger partial charge on any atom is 0.318 e. The van der Waals surface area contributed by atoms with Gasteiger partial charge in [0.05, 0.1) is 13.2 Å². The number of urea groups is 1. The van der Waals surface area contributed by atoms with Gasteiger partial charge < -0.3 is 15.0 Å². The number of rotatable bonds is 7. The summed E-state index contributed by atoms with van der Waals surface area (Å²) in [7, 11) is 1.66. The first kappa shape index (κ1) is 21.2. The van der Waals surface area contributed by atoms with E-state index in [0.29, 0.717) is 6.54 Å². The van der Waals surface area contributed by atoms with Crippen LogP contribution in [0.25, 0.3) is 0 Å². The number of nitrogens with zero attached hydrogens (tertiary/aromatic N) is 2. The van der Waals surface area contributed by atoms with Crippen molar-refractivity contribution in [2.45, 2.75) is 45.3 Å². The Hall–Kier alpha value is -2.53. The maximum atomic E-state index is 13.0. The van der Waals surface area contributed by atoms with E-state index in [1.165, 1.54) is 5.56 Å². The Balaban J connectivity index is 1.52. The number of likely N-dealkylation sites (tertiary alicyclic amines) is 1. The van der Waals surface area contributed by atoms with E-state index in [1.807, 2.05) is 36.1 Å². The highest BCUT2D eigenvalue weighted by atomic mass is 16.5. The fourth-order valence-electron chi connectivity index (χ4n) is 4.01. The van der Waals surface area contributed by atoms with E-state index in [0.717, 1.165) is 43.8 Å². The van der Waals surface area contributed by atoms with Crippen LogP contribution in [0.15, 0.2) is 54.6 Å². The average molecular weight is 396 g/mol. The fourth-order valence-corrected chi connectivity index (χ4v) is 4.01. The van der Waals surface area contributed by atoms with Crippen molar-refractivity contribution in [3.8, 4) is 5.75 Å². The molecule has 5 heteroatoms. The summed E-state index contributed by atoms with van der Waals surface area (Å²) in [5, 5.41) is 3.26. The molecular formula is C24H33N3O2. The first-order valence-corrected chi connectivity index (χ1v) is 10.6. The first-order valence-electron chi connectivity index (χ1n) is 10.6. The zero-order valence-corrected chi connectivity index (χ0v) is 17.8. The molecule has 1 aliphatic rings. The van der Waals surface area contributed by atoms with Gasteiger partial charge in [-0.3, -0.25) is 4.90 Å². The number of methoxy groups -OCH3 is 1. The molecule has 1 saturated heterocycles. The highest BCUT2D eigenvalue weighted by Gasteiger charge is 2.25. The Morgan fingerprint density at radius 1 is 1.17 bits per heavy atom. The Morgan fingerprint density at radius 3 is 2.55 bits per heavy atom. The molecule has 0 spiro atoms. The zero-order valence-electron chi connectivity index (χ0n) is 17.8. The summed E-state index contributed by atoms with van der Waals surface area (Å²) < 4.78 is 5.33. The van der Waals surface area contributed by atoms with Crippen LogP contribution in [0.5, 0.6) is 5.75 Å². The van der Waals surface area contributed by atoms with Gasteiger partial charge in [-0.15, -0.1) is 0 Å². The van der Waals surface area contributed by atoms with E-state index in [-0.39, 0.29) is 18.1 Å². The van der Waals surface area contributed by atoms with Crippen LogP contribution in [0, 0.1) is 0 Å². The monoisotopic (exact) mass is 395 g/mol. The van der Waals surface area contributed by atoms with Crippen LogP contribution in [0.3, 0.4) is 0 Å². The standard InChI is InChI=1S/C24H33N3O2/c1-4-27(19(2)21-11-8-12-23(17-21)29-3)24(28)25-22-13-15-26(16-14-22)18-20-9-6-5-7-10-20/h5-12,17,19,22H,4,13-16,18H2,1-3H3,(H,25,28)/t19-/m0/s1. The number of carbonyl (C=O) groups is 1. The van der Waals surface area contributed by atoms with Crippen molar-refractivity contribution < 1.29 is 9.53 Å². The summed E-state index contributed by atoms with van der Waals surface area (Å²) in [5.41, 5.74) is 2.43. The number of nitrogens with one attached hydrogen (secondary N) is 1. The van der Waals surface area contributed by atoms with Crippen molar-refractivity contribution in [1.82, 2.24) is 15.1 Å². The number of benzene rings is 2. The second-order valence-corrected chi connectivity index (χ2v) is 7.72. The predicted molar refractivity (Wildman–Crippen MR) is 117 cm³/mol. The molecule has 1 fully saturated rings. The minimum absolute atomic E-state index is 0.00623. The third-order valence-corrected chi connectivity index (χ3v) is 5.81. The summed E-state index contributed by atoms with van der Waals surface area (Å²) in [5.74, 6) is 0.816. The van der Waals surface area contributed by atoms with Crippen molar-refractivity contribution in [1.29, 1.82) is 0 Å². The van der Waals surface area contributed by atoms with Gasteiger partial charge in [-0.05, 0) is 49.9 Å². The van der Waals surface area contributed by atoms with Gasteiger partial charge in [-0.1, -0.05) is 42.5 Å². The lowest BCUT2D eigenvalue weighted by atomic mass is 10.0. The molecule has 0 radical (unpaired) electrons. The minimum Gasteiger partial charge on any atom is -0.497 e. The molecule has 29 heavy (non-hydrogen) atoms. The third-order valence-electron chi connectivity index (χ3n) is 5.81. The van der Waals surface area contributed by atoms with Gasteiger partial charge in [0.2, 0.25) is 0 Å². The molecule has 1 aliphatic heterocycles. The van der Waals surface area contributed by atoms with Crippen LogP contribution in [0.1, 0.15) is 43.9 Å². The summed E-state index contributed by atoms with van der Waals surface area (Å²) in [6, 6.07) is 18.8. The van der Waals surface area contributed by atoms with Crippen molar-refractivity contribution >= 4 is 6.03 Å². The zero-order chi connectivity index (χ0) is 20.6. The number of carbonyl (C=O) groups excluding carboxylic acids is 1. The lowest BCUT2D eigenvalue weighted by Crippen LogP contribution is -2.49. The van der Waals surface area contributed by atoms with Crippen LogP contribution in [0.4, 0.5) is 4.79 Å². The molecule has 2 amide bonds. The molecule has 0 bridgehead atoms. The second-order valence-electron chi connectivity index (χ2n) is 7.72. The van der Waals surface area contributed by atoms with E-state index in [9.17, 15) is 4.79 Å². The Labute approximate surface area is 174 Å². The molecule has 1 atom stereocenters. The van der Waals surface area contributed by atoms with Gasteiger partial charge >= 0.3 is 6.03 Å². The van der Waals surface area contributed by atoms with Gasteiger partial charge in [0.1, 0.15) is 5.75 Å². The molecule has 0 aromatic heterocycles. The number of ether oxygens (including phenoxy) is 1. The highest BCUT2D eigenvalue weighted by molar-refractivity contribution is 5.75. The van der Waals surface area contributed by atoms with E-state index in [1.54, 1.807) is 7.11 Å². The Morgan fingerprint density at radius 2 is 1.90 bits per heavy atom. The van der Waals surface area contributed by atoms with Crippen molar-refractivity contribution in [2.24, 2.45) is 0 Å². The van der Waals surface area contributed by atoms with Crippen LogP contribution in [0.2, 0.25) is 0 Å². The molecule has 0 unspecified atom stereocenters. The molecule has 3 rings (SSSR count). The number of hydrogen-bond donors (Lipinski definition) is 1. The van der Waals surface area contributed by atoms with Crippen molar-refractivity contribution in [3.05, 3.63) is 65.7 Å². The van der Waals surface area contributed by atoms with E-state index in [2.05, 4.69) is 47.5 Å². The van der Waals surface area contributed by atoms with E-state index >= 15 is 0 Å². The topological polar surface area (TPSA) is 44.8 Å². The normalized spacial score (nSPS) is 16.2. The van der Waals surface area contributed by atoms with Gasteiger partial charge in [0, 0.05) is 32.2 Å². The highest BCUT2D eigenvalue weighted by Crippen LogP contribution is 2.24. The molecule has 1 heterocycles. The smallest absolute Gasteiger partial charge is 0.318 e. The van der Waals surface area contributed by atoms with Crippen LogP contribution in [-0.4, -0.2) is 48.6 Å². The van der Waals surface area contributed by atoms with Crippen molar-refractivity contribution in [3.63, 3.8) is 0 Å².